The van der Waals surface area contributed by atoms with Crippen LogP contribution in [0, 0.1) is 5.92 Å². The number of benzene rings is 1. The SMILES string of the molecule is CCOc1ccc(S(=O)(=O)N2CCC(C)CC2CN)cc1OCC. The highest BCUT2D eigenvalue weighted by Crippen LogP contribution is 2.33. The third kappa shape index (κ3) is 4.02. The van der Waals surface area contributed by atoms with E-state index in [0.717, 1.165) is 12.8 Å². The molecule has 6 nitrogen and oxygen atoms in total. The van der Waals surface area contributed by atoms with Crippen molar-refractivity contribution in [2.24, 2.45) is 11.7 Å². The van der Waals surface area contributed by atoms with Gasteiger partial charge in [0.05, 0.1) is 18.1 Å². The van der Waals surface area contributed by atoms with Crippen molar-refractivity contribution in [2.45, 2.75) is 44.6 Å². The van der Waals surface area contributed by atoms with Gasteiger partial charge in [-0.1, -0.05) is 6.92 Å². The van der Waals surface area contributed by atoms with Gasteiger partial charge < -0.3 is 15.2 Å². The normalized spacial score (nSPS) is 22.3. The minimum Gasteiger partial charge on any atom is -0.490 e. The molecule has 136 valence electrons. The van der Waals surface area contributed by atoms with E-state index in [-0.39, 0.29) is 10.9 Å². The van der Waals surface area contributed by atoms with Crippen LogP contribution in [0.2, 0.25) is 0 Å². The van der Waals surface area contributed by atoms with Gasteiger partial charge in [0.15, 0.2) is 11.5 Å². The lowest BCUT2D eigenvalue weighted by molar-refractivity contribution is 0.211. The first-order chi connectivity index (χ1) is 11.4. The number of sulfonamides is 1. The molecule has 2 atom stereocenters. The monoisotopic (exact) mass is 356 g/mol. The molecule has 2 unspecified atom stereocenters. The van der Waals surface area contributed by atoms with Gasteiger partial charge in [-0.15, -0.1) is 0 Å². The van der Waals surface area contributed by atoms with Gasteiger partial charge in [0.25, 0.3) is 0 Å². The van der Waals surface area contributed by atoms with Gasteiger partial charge in [0.2, 0.25) is 10.0 Å². The van der Waals surface area contributed by atoms with E-state index in [4.69, 9.17) is 15.2 Å². The lowest BCUT2D eigenvalue weighted by Gasteiger charge is -2.36. The quantitative estimate of drug-likeness (QED) is 0.810. The molecule has 2 rings (SSSR count). The summed E-state index contributed by atoms with van der Waals surface area (Å²) in [5, 5.41) is 0. The maximum Gasteiger partial charge on any atom is 0.243 e. The van der Waals surface area contributed by atoms with E-state index in [9.17, 15) is 8.42 Å². The number of piperidine rings is 1. The van der Waals surface area contributed by atoms with Crippen LogP contribution in [0.5, 0.6) is 11.5 Å². The van der Waals surface area contributed by atoms with Crippen molar-refractivity contribution >= 4 is 10.0 Å². The Morgan fingerprint density at radius 2 is 1.88 bits per heavy atom. The average Bonchev–Trinajstić information content (AvgIpc) is 2.56. The number of nitrogens with two attached hydrogens (primary N) is 1. The van der Waals surface area contributed by atoms with Crippen molar-refractivity contribution in [3.05, 3.63) is 18.2 Å². The fraction of sp³-hybridized carbons (Fsp3) is 0.647. The van der Waals surface area contributed by atoms with Crippen LogP contribution in [0.15, 0.2) is 23.1 Å². The second kappa shape index (κ2) is 8.18. The summed E-state index contributed by atoms with van der Waals surface area (Å²) in [5.74, 6) is 1.50. The number of ether oxygens (including phenoxy) is 2. The molecule has 0 saturated carbocycles. The van der Waals surface area contributed by atoms with Crippen LogP contribution >= 0.6 is 0 Å². The third-order valence-corrected chi connectivity index (χ3v) is 6.27. The Hall–Kier alpha value is -1.31. The van der Waals surface area contributed by atoms with Crippen LogP contribution in [-0.2, 0) is 10.0 Å². The molecule has 1 heterocycles. The van der Waals surface area contributed by atoms with Crippen LogP contribution in [-0.4, -0.2) is 45.1 Å². The zero-order valence-electron chi connectivity index (χ0n) is 14.7. The highest BCUT2D eigenvalue weighted by molar-refractivity contribution is 7.89. The van der Waals surface area contributed by atoms with Crippen LogP contribution in [0.4, 0.5) is 0 Å². The second-order valence-corrected chi connectivity index (χ2v) is 8.00. The highest BCUT2D eigenvalue weighted by Gasteiger charge is 2.35. The largest absolute Gasteiger partial charge is 0.490 e. The Kier molecular flexibility index (Phi) is 6.48. The molecule has 1 saturated heterocycles. The first-order valence-corrected chi connectivity index (χ1v) is 9.99. The number of nitrogens with zero attached hydrogens (tertiary/aromatic N) is 1. The van der Waals surface area contributed by atoms with Crippen molar-refractivity contribution in [3.63, 3.8) is 0 Å². The van der Waals surface area contributed by atoms with E-state index in [1.165, 1.54) is 0 Å². The molecular weight excluding hydrogens is 328 g/mol. The fourth-order valence-electron chi connectivity index (χ4n) is 3.09. The van der Waals surface area contributed by atoms with Gasteiger partial charge >= 0.3 is 0 Å². The Bertz CT molecular complexity index is 648. The Balaban J connectivity index is 2.36. The second-order valence-electron chi connectivity index (χ2n) is 6.11. The predicted octanol–water partition coefficient (Wildman–Crippen LogP) is 2.23. The standard InChI is InChI=1S/C17H28N2O4S/c1-4-22-16-7-6-15(11-17(16)23-5-2)24(20,21)19-9-8-13(3)10-14(19)12-18/h6-7,11,13-14H,4-5,8-10,12,18H2,1-3H3. The molecule has 1 aliphatic rings. The van der Waals surface area contributed by atoms with E-state index >= 15 is 0 Å². The molecular formula is C17H28N2O4S. The van der Waals surface area contributed by atoms with Crippen molar-refractivity contribution in [1.29, 1.82) is 0 Å². The van der Waals surface area contributed by atoms with Crippen molar-refractivity contribution < 1.29 is 17.9 Å². The molecule has 7 heteroatoms. The number of rotatable bonds is 7. The van der Waals surface area contributed by atoms with Crippen LogP contribution in [0.1, 0.15) is 33.6 Å². The minimum absolute atomic E-state index is 0.152. The van der Waals surface area contributed by atoms with Gasteiger partial charge in [0.1, 0.15) is 0 Å². The average molecular weight is 356 g/mol. The molecule has 0 bridgehead atoms. The maximum atomic E-state index is 13.1. The maximum absolute atomic E-state index is 13.1. The summed E-state index contributed by atoms with van der Waals surface area (Å²) >= 11 is 0. The summed E-state index contributed by atoms with van der Waals surface area (Å²) in [6.45, 7) is 7.63. The predicted molar refractivity (Wildman–Crippen MR) is 93.9 cm³/mol. The summed E-state index contributed by atoms with van der Waals surface area (Å²) in [7, 11) is -3.60. The molecule has 0 aliphatic carbocycles. The molecule has 1 aliphatic heterocycles. The lowest BCUT2D eigenvalue weighted by atomic mass is 9.94. The zero-order valence-corrected chi connectivity index (χ0v) is 15.5. The zero-order chi connectivity index (χ0) is 17.7. The number of hydrogen-bond acceptors (Lipinski definition) is 5. The van der Waals surface area contributed by atoms with Crippen LogP contribution < -0.4 is 15.2 Å². The summed E-state index contributed by atoms with van der Waals surface area (Å²) in [4.78, 5) is 0.224. The summed E-state index contributed by atoms with van der Waals surface area (Å²) in [6, 6.07) is 4.64. The lowest BCUT2D eigenvalue weighted by Crippen LogP contribution is -2.49. The molecule has 1 aromatic carbocycles. The van der Waals surface area contributed by atoms with Gasteiger partial charge in [-0.25, -0.2) is 8.42 Å². The third-order valence-electron chi connectivity index (χ3n) is 4.32. The highest BCUT2D eigenvalue weighted by atomic mass is 32.2. The van der Waals surface area contributed by atoms with Crippen LogP contribution in [0.25, 0.3) is 0 Å². The minimum atomic E-state index is -3.60. The molecule has 0 spiro atoms. The van der Waals surface area contributed by atoms with Gasteiger partial charge in [-0.05, 0) is 44.7 Å². The first kappa shape index (κ1) is 19.0. The van der Waals surface area contributed by atoms with Crippen molar-refractivity contribution in [3.8, 4) is 11.5 Å². The first-order valence-electron chi connectivity index (χ1n) is 8.55. The van der Waals surface area contributed by atoms with E-state index < -0.39 is 10.0 Å². The van der Waals surface area contributed by atoms with E-state index in [1.807, 2.05) is 13.8 Å². The summed E-state index contributed by atoms with van der Waals surface area (Å²) in [5.41, 5.74) is 5.82. The Labute approximate surface area is 145 Å². The van der Waals surface area contributed by atoms with E-state index in [0.29, 0.717) is 43.7 Å². The van der Waals surface area contributed by atoms with E-state index in [1.54, 1.807) is 22.5 Å². The molecule has 0 amide bonds. The Morgan fingerprint density at radius 3 is 2.50 bits per heavy atom. The van der Waals surface area contributed by atoms with E-state index in [2.05, 4.69) is 6.92 Å². The summed E-state index contributed by atoms with van der Waals surface area (Å²) in [6.07, 6.45) is 1.65. The molecule has 24 heavy (non-hydrogen) atoms. The molecule has 0 aromatic heterocycles. The van der Waals surface area contributed by atoms with Crippen LogP contribution in [0.3, 0.4) is 0 Å². The van der Waals surface area contributed by atoms with Gasteiger partial charge in [0, 0.05) is 25.2 Å². The molecule has 1 aromatic rings. The smallest absolute Gasteiger partial charge is 0.243 e. The fourth-order valence-corrected chi connectivity index (χ4v) is 4.76. The summed E-state index contributed by atoms with van der Waals surface area (Å²) < 4.78 is 38.7. The van der Waals surface area contributed by atoms with Crippen molar-refractivity contribution in [1.82, 2.24) is 4.31 Å². The molecule has 0 radical (unpaired) electrons. The molecule has 1 fully saturated rings. The Morgan fingerprint density at radius 1 is 1.21 bits per heavy atom. The number of hydrogen-bond donors (Lipinski definition) is 1. The van der Waals surface area contributed by atoms with Crippen molar-refractivity contribution in [2.75, 3.05) is 26.3 Å². The molecule has 2 N–H and O–H groups in total. The van der Waals surface area contributed by atoms with Gasteiger partial charge in [-0.3, -0.25) is 0 Å². The van der Waals surface area contributed by atoms with Gasteiger partial charge in [-0.2, -0.15) is 4.31 Å². The topological polar surface area (TPSA) is 81.9 Å².